The van der Waals surface area contributed by atoms with Gasteiger partial charge in [0.15, 0.2) is 6.61 Å². The van der Waals surface area contributed by atoms with Crippen LogP contribution in [0.15, 0.2) is 24.3 Å². The largest absolute Gasteiger partial charge is 0.483 e. The minimum atomic E-state index is -0.0824. The van der Waals surface area contributed by atoms with Crippen molar-refractivity contribution in [3.05, 3.63) is 29.8 Å². The fourth-order valence-corrected chi connectivity index (χ4v) is 1.93. The van der Waals surface area contributed by atoms with Crippen LogP contribution in [0.2, 0.25) is 0 Å². The molecule has 0 saturated carbocycles. The lowest BCUT2D eigenvalue weighted by atomic mass is 9.98. The van der Waals surface area contributed by atoms with Gasteiger partial charge < -0.3 is 15.8 Å². The van der Waals surface area contributed by atoms with Crippen molar-refractivity contribution in [2.75, 3.05) is 19.7 Å². The maximum atomic E-state index is 11.7. The minimum absolute atomic E-state index is 0.0655. The van der Waals surface area contributed by atoms with Crippen LogP contribution in [0, 0.1) is 0 Å². The first-order valence-electron chi connectivity index (χ1n) is 7.37. The monoisotopic (exact) mass is 278 g/mol. The molecule has 0 radical (unpaired) electrons. The van der Waals surface area contributed by atoms with Crippen LogP contribution in [-0.2, 0) is 4.79 Å². The van der Waals surface area contributed by atoms with Crippen molar-refractivity contribution in [2.45, 2.75) is 39.0 Å². The molecule has 112 valence electrons. The molecule has 0 fully saturated rings. The van der Waals surface area contributed by atoms with Crippen LogP contribution in [0.4, 0.5) is 0 Å². The first-order chi connectivity index (χ1) is 9.69. The Labute approximate surface area is 121 Å². The van der Waals surface area contributed by atoms with Gasteiger partial charge in [0.05, 0.1) is 0 Å². The first-order valence-corrected chi connectivity index (χ1v) is 7.37. The first kappa shape index (κ1) is 16.5. The zero-order valence-corrected chi connectivity index (χ0v) is 12.5. The van der Waals surface area contributed by atoms with Gasteiger partial charge in [0, 0.05) is 6.54 Å². The van der Waals surface area contributed by atoms with Crippen molar-refractivity contribution >= 4 is 5.91 Å². The van der Waals surface area contributed by atoms with Crippen molar-refractivity contribution in [1.82, 2.24) is 5.32 Å². The summed E-state index contributed by atoms with van der Waals surface area (Å²) in [6.07, 6.45) is 2.88. The fourth-order valence-electron chi connectivity index (χ4n) is 1.93. The molecular formula is C16H26N2O2. The van der Waals surface area contributed by atoms with Crippen molar-refractivity contribution < 1.29 is 9.53 Å². The van der Waals surface area contributed by atoms with Crippen LogP contribution in [0.3, 0.4) is 0 Å². The molecule has 0 spiro atoms. The average molecular weight is 278 g/mol. The number of unbranched alkanes of at least 4 members (excludes halogenated alkanes) is 1. The van der Waals surface area contributed by atoms with Gasteiger partial charge in [-0.2, -0.15) is 0 Å². The summed E-state index contributed by atoms with van der Waals surface area (Å²) in [5.41, 5.74) is 6.56. The van der Waals surface area contributed by atoms with Crippen molar-refractivity contribution in [2.24, 2.45) is 5.73 Å². The van der Waals surface area contributed by atoms with E-state index < -0.39 is 0 Å². The second kappa shape index (κ2) is 9.37. The molecular weight excluding hydrogens is 252 g/mol. The van der Waals surface area contributed by atoms with E-state index in [1.54, 1.807) is 0 Å². The number of nitrogens with one attached hydrogen (secondary N) is 1. The van der Waals surface area contributed by atoms with E-state index in [2.05, 4.69) is 25.2 Å². The predicted molar refractivity (Wildman–Crippen MR) is 81.9 cm³/mol. The Morgan fingerprint density at radius 3 is 2.80 bits per heavy atom. The zero-order valence-electron chi connectivity index (χ0n) is 12.5. The molecule has 1 aromatic carbocycles. The SMILES string of the molecule is CCC(C)c1ccccc1OCC(=O)NCCCCN. The lowest BCUT2D eigenvalue weighted by Gasteiger charge is -2.15. The summed E-state index contributed by atoms with van der Waals surface area (Å²) >= 11 is 0. The summed E-state index contributed by atoms with van der Waals surface area (Å²) in [7, 11) is 0. The fraction of sp³-hybridized carbons (Fsp3) is 0.562. The highest BCUT2D eigenvalue weighted by Gasteiger charge is 2.10. The number of amides is 1. The van der Waals surface area contributed by atoms with E-state index in [9.17, 15) is 4.79 Å². The standard InChI is InChI=1S/C16H26N2O2/c1-3-13(2)14-8-4-5-9-15(14)20-12-16(19)18-11-7-6-10-17/h4-5,8-9,13H,3,6-7,10-12,17H2,1-2H3,(H,18,19). The molecule has 0 aliphatic heterocycles. The third kappa shape index (κ3) is 5.61. The zero-order chi connectivity index (χ0) is 14.8. The van der Waals surface area contributed by atoms with E-state index in [1.165, 1.54) is 0 Å². The van der Waals surface area contributed by atoms with Crippen LogP contribution >= 0.6 is 0 Å². The predicted octanol–water partition coefficient (Wildman–Crippen LogP) is 2.43. The molecule has 1 unspecified atom stereocenters. The van der Waals surface area contributed by atoms with Gasteiger partial charge in [-0.15, -0.1) is 0 Å². The molecule has 0 bridgehead atoms. The maximum absolute atomic E-state index is 11.7. The average Bonchev–Trinajstić information content (AvgIpc) is 2.49. The van der Waals surface area contributed by atoms with E-state index in [0.29, 0.717) is 19.0 Å². The van der Waals surface area contributed by atoms with Gasteiger partial charge in [-0.05, 0) is 43.4 Å². The number of benzene rings is 1. The van der Waals surface area contributed by atoms with Gasteiger partial charge in [-0.3, -0.25) is 4.79 Å². The Morgan fingerprint density at radius 2 is 2.10 bits per heavy atom. The number of carbonyl (C=O) groups excluding carboxylic acids is 1. The summed E-state index contributed by atoms with van der Waals surface area (Å²) in [4.78, 5) is 11.7. The van der Waals surface area contributed by atoms with Gasteiger partial charge in [0.2, 0.25) is 0 Å². The molecule has 0 aromatic heterocycles. The summed E-state index contributed by atoms with van der Waals surface area (Å²) in [5.74, 6) is 1.15. The van der Waals surface area contributed by atoms with Gasteiger partial charge in [0.25, 0.3) is 5.91 Å². The Bertz CT molecular complexity index is 407. The Hall–Kier alpha value is -1.55. The molecule has 0 saturated heterocycles. The second-order valence-corrected chi connectivity index (χ2v) is 4.98. The summed E-state index contributed by atoms with van der Waals surface area (Å²) < 4.78 is 5.64. The van der Waals surface area contributed by atoms with E-state index >= 15 is 0 Å². The van der Waals surface area contributed by atoms with E-state index in [1.807, 2.05) is 18.2 Å². The highest BCUT2D eigenvalue weighted by atomic mass is 16.5. The molecule has 0 aliphatic rings. The summed E-state index contributed by atoms with van der Waals surface area (Å²) in [6.45, 7) is 5.69. The Kier molecular flexibility index (Phi) is 7.73. The quantitative estimate of drug-likeness (QED) is 0.682. The Morgan fingerprint density at radius 1 is 1.35 bits per heavy atom. The number of hydrogen-bond donors (Lipinski definition) is 2. The molecule has 4 nitrogen and oxygen atoms in total. The molecule has 20 heavy (non-hydrogen) atoms. The molecule has 0 heterocycles. The number of rotatable bonds is 9. The lowest BCUT2D eigenvalue weighted by Crippen LogP contribution is -2.30. The Balaban J connectivity index is 2.43. The van der Waals surface area contributed by atoms with Gasteiger partial charge in [-0.1, -0.05) is 32.0 Å². The van der Waals surface area contributed by atoms with Gasteiger partial charge in [-0.25, -0.2) is 0 Å². The van der Waals surface area contributed by atoms with Crippen LogP contribution < -0.4 is 15.8 Å². The second-order valence-electron chi connectivity index (χ2n) is 4.98. The highest BCUT2D eigenvalue weighted by molar-refractivity contribution is 5.77. The van der Waals surface area contributed by atoms with Crippen LogP contribution in [0.25, 0.3) is 0 Å². The number of nitrogens with two attached hydrogens (primary N) is 1. The number of carbonyl (C=O) groups is 1. The van der Waals surface area contributed by atoms with Crippen LogP contribution in [-0.4, -0.2) is 25.6 Å². The minimum Gasteiger partial charge on any atom is -0.483 e. The smallest absolute Gasteiger partial charge is 0.257 e. The third-order valence-corrected chi connectivity index (χ3v) is 3.37. The molecule has 3 N–H and O–H groups in total. The lowest BCUT2D eigenvalue weighted by molar-refractivity contribution is -0.123. The van der Waals surface area contributed by atoms with E-state index in [0.717, 1.165) is 30.6 Å². The normalized spacial score (nSPS) is 11.9. The molecule has 1 atom stereocenters. The molecule has 1 aromatic rings. The number of ether oxygens (including phenoxy) is 1. The number of para-hydroxylation sites is 1. The van der Waals surface area contributed by atoms with Crippen molar-refractivity contribution in [3.8, 4) is 5.75 Å². The van der Waals surface area contributed by atoms with Crippen LogP contribution in [0.5, 0.6) is 5.75 Å². The summed E-state index contributed by atoms with van der Waals surface area (Å²) in [6, 6.07) is 7.91. The molecule has 1 amide bonds. The summed E-state index contributed by atoms with van der Waals surface area (Å²) in [5, 5.41) is 2.83. The van der Waals surface area contributed by atoms with Crippen molar-refractivity contribution in [1.29, 1.82) is 0 Å². The van der Waals surface area contributed by atoms with Gasteiger partial charge >= 0.3 is 0 Å². The maximum Gasteiger partial charge on any atom is 0.257 e. The number of hydrogen-bond acceptors (Lipinski definition) is 3. The van der Waals surface area contributed by atoms with E-state index in [4.69, 9.17) is 10.5 Å². The van der Waals surface area contributed by atoms with Crippen molar-refractivity contribution in [3.63, 3.8) is 0 Å². The third-order valence-electron chi connectivity index (χ3n) is 3.37. The highest BCUT2D eigenvalue weighted by Crippen LogP contribution is 2.28. The van der Waals surface area contributed by atoms with Gasteiger partial charge in [0.1, 0.15) is 5.75 Å². The molecule has 1 rings (SSSR count). The topological polar surface area (TPSA) is 64.3 Å². The van der Waals surface area contributed by atoms with E-state index in [-0.39, 0.29) is 12.5 Å². The molecule has 0 aliphatic carbocycles. The molecule has 4 heteroatoms. The van der Waals surface area contributed by atoms with Crippen LogP contribution in [0.1, 0.15) is 44.6 Å².